The van der Waals surface area contributed by atoms with Crippen LogP contribution in [-0.2, 0) is 4.79 Å². The van der Waals surface area contributed by atoms with Crippen LogP contribution in [0.2, 0.25) is 0 Å². The average molecular weight is 279 g/mol. The molecular formula is C12H13N3O5. The van der Waals surface area contributed by atoms with Gasteiger partial charge in [0.2, 0.25) is 5.91 Å². The topological polar surface area (TPSA) is 122 Å². The van der Waals surface area contributed by atoms with Crippen LogP contribution in [0.25, 0.3) is 0 Å². The molecule has 0 aromatic heterocycles. The van der Waals surface area contributed by atoms with E-state index < -0.39 is 16.6 Å². The molecule has 1 saturated heterocycles. The minimum absolute atomic E-state index is 0.0183. The van der Waals surface area contributed by atoms with E-state index in [0.717, 1.165) is 0 Å². The van der Waals surface area contributed by atoms with E-state index in [2.05, 4.69) is 10.6 Å². The van der Waals surface area contributed by atoms with Gasteiger partial charge in [0.25, 0.3) is 5.69 Å². The van der Waals surface area contributed by atoms with E-state index in [0.29, 0.717) is 25.1 Å². The minimum Gasteiger partial charge on any atom is -0.477 e. The Balaban J connectivity index is 2.17. The molecule has 1 unspecified atom stereocenters. The first kappa shape index (κ1) is 13.8. The lowest BCUT2D eigenvalue weighted by Gasteiger charge is -2.24. The zero-order chi connectivity index (χ0) is 14.7. The Morgan fingerprint density at radius 3 is 2.80 bits per heavy atom. The Labute approximate surface area is 113 Å². The molecule has 1 aliphatic heterocycles. The maximum atomic E-state index is 11.0. The molecule has 0 spiro atoms. The van der Waals surface area contributed by atoms with Crippen molar-refractivity contribution >= 4 is 23.3 Å². The monoisotopic (exact) mass is 279 g/mol. The van der Waals surface area contributed by atoms with Crippen LogP contribution in [0.5, 0.6) is 0 Å². The number of aromatic carboxylic acids is 1. The molecule has 1 aromatic carbocycles. The van der Waals surface area contributed by atoms with Gasteiger partial charge in [0.1, 0.15) is 5.56 Å². The second-order valence-corrected chi connectivity index (χ2v) is 4.48. The SMILES string of the molecule is O=C1CCC(Nc2ccc(C(=O)O)c([N+](=O)[O-])c2)CN1. The molecule has 1 heterocycles. The Hall–Kier alpha value is -2.64. The number of hydrogen-bond acceptors (Lipinski definition) is 5. The van der Waals surface area contributed by atoms with Crippen molar-refractivity contribution in [1.29, 1.82) is 0 Å². The fraction of sp³-hybridized carbons (Fsp3) is 0.333. The highest BCUT2D eigenvalue weighted by atomic mass is 16.6. The maximum Gasteiger partial charge on any atom is 0.342 e. The largest absolute Gasteiger partial charge is 0.477 e. The first-order valence-electron chi connectivity index (χ1n) is 6.02. The van der Waals surface area contributed by atoms with E-state index >= 15 is 0 Å². The Morgan fingerprint density at radius 1 is 1.50 bits per heavy atom. The number of anilines is 1. The fourth-order valence-electron chi connectivity index (χ4n) is 2.05. The molecule has 1 aliphatic rings. The van der Waals surface area contributed by atoms with Crippen LogP contribution >= 0.6 is 0 Å². The highest BCUT2D eigenvalue weighted by molar-refractivity contribution is 5.93. The summed E-state index contributed by atoms with van der Waals surface area (Å²) in [6.07, 6.45) is 1.02. The number of hydrogen-bond donors (Lipinski definition) is 3. The molecule has 8 nitrogen and oxygen atoms in total. The van der Waals surface area contributed by atoms with Gasteiger partial charge in [-0.15, -0.1) is 0 Å². The van der Waals surface area contributed by atoms with Crippen molar-refractivity contribution in [1.82, 2.24) is 5.32 Å². The lowest BCUT2D eigenvalue weighted by molar-refractivity contribution is -0.385. The summed E-state index contributed by atoms with van der Waals surface area (Å²) in [5, 5.41) is 25.5. The molecule has 1 fully saturated rings. The summed E-state index contributed by atoms with van der Waals surface area (Å²) in [4.78, 5) is 32.1. The number of benzene rings is 1. The summed E-state index contributed by atoms with van der Waals surface area (Å²) in [6, 6.07) is 3.85. The van der Waals surface area contributed by atoms with E-state index in [1.165, 1.54) is 18.2 Å². The number of piperidine rings is 1. The summed E-state index contributed by atoms with van der Waals surface area (Å²) in [6.45, 7) is 0.438. The zero-order valence-corrected chi connectivity index (χ0v) is 10.5. The molecule has 1 atom stereocenters. The summed E-state index contributed by atoms with van der Waals surface area (Å²) in [5.74, 6) is -1.36. The standard InChI is InChI=1S/C12H13N3O5/c16-11-4-2-8(6-13-11)14-7-1-3-9(12(17)18)10(5-7)15(19)20/h1,3,5,8,14H,2,4,6H2,(H,13,16)(H,17,18). The number of carbonyl (C=O) groups excluding carboxylic acids is 1. The number of carboxylic acids is 1. The molecule has 2 rings (SSSR count). The van der Waals surface area contributed by atoms with Crippen molar-refractivity contribution in [3.8, 4) is 0 Å². The van der Waals surface area contributed by atoms with E-state index in [9.17, 15) is 19.7 Å². The molecule has 0 radical (unpaired) electrons. The van der Waals surface area contributed by atoms with Crippen molar-refractivity contribution in [3.05, 3.63) is 33.9 Å². The number of nitro groups is 1. The van der Waals surface area contributed by atoms with Gasteiger partial charge in [-0.25, -0.2) is 4.79 Å². The van der Waals surface area contributed by atoms with Crippen LogP contribution in [-0.4, -0.2) is 34.5 Å². The van der Waals surface area contributed by atoms with Crippen LogP contribution in [0.4, 0.5) is 11.4 Å². The number of amides is 1. The number of nitro benzene ring substituents is 1. The molecule has 1 aromatic rings. The van der Waals surface area contributed by atoms with E-state index in [1.54, 1.807) is 0 Å². The van der Waals surface area contributed by atoms with Gasteiger partial charge in [-0.1, -0.05) is 0 Å². The van der Waals surface area contributed by atoms with Crippen molar-refractivity contribution < 1.29 is 19.6 Å². The molecule has 0 aliphatic carbocycles. The highest BCUT2D eigenvalue weighted by Crippen LogP contribution is 2.24. The first-order chi connectivity index (χ1) is 9.47. The van der Waals surface area contributed by atoms with Crippen LogP contribution in [0.15, 0.2) is 18.2 Å². The zero-order valence-electron chi connectivity index (χ0n) is 10.5. The van der Waals surface area contributed by atoms with Crippen molar-refractivity contribution in [2.75, 3.05) is 11.9 Å². The van der Waals surface area contributed by atoms with Crippen molar-refractivity contribution in [2.45, 2.75) is 18.9 Å². The van der Waals surface area contributed by atoms with Crippen LogP contribution in [0, 0.1) is 10.1 Å². The summed E-state index contributed by atoms with van der Waals surface area (Å²) in [7, 11) is 0. The second kappa shape index (κ2) is 5.55. The molecule has 0 bridgehead atoms. The van der Waals surface area contributed by atoms with E-state index in [4.69, 9.17) is 5.11 Å². The third kappa shape index (κ3) is 3.02. The van der Waals surface area contributed by atoms with Crippen LogP contribution < -0.4 is 10.6 Å². The molecule has 1 amide bonds. The quantitative estimate of drug-likeness (QED) is 0.558. The number of carbonyl (C=O) groups is 2. The molecule has 106 valence electrons. The van der Waals surface area contributed by atoms with Gasteiger partial charge in [-0.05, 0) is 18.6 Å². The Kier molecular flexibility index (Phi) is 3.83. The van der Waals surface area contributed by atoms with Gasteiger partial charge >= 0.3 is 5.97 Å². The third-order valence-corrected chi connectivity index (χ3v) is 3.06. The van der Waals surface area contributed by atoms with Gasteiger partial charge in [0, 0.05) is 30.8 Å². The summed E-state index contributed by atoms with van der Waals surface area (Å²) >= 11 is 0. The second-order valence-electron chi connectivity index (χ2n) is 4.48. The number of carboxylic acid groups (broad SMARTS) is 1. The normalized spacial score (nSPS) is 18.2. The molecule has 20 heavy (non-hydrogen) atoms. The van der Waals surface area contributed by atoms with E-state index in [1.807, 2.05) is 0 Å². The molecule has 3 N–H and O–H groups in total. The summed E-state index contributed by atoms with van der Waals surface area (Å²) in [5.41, 5.74) is -0.345. The molecular weight excluding hydrogens is 266 g/mol. The van der Waals surface area contributed by atoms with Crippen molar-refractivity contribution in [2.24, 2.45) is 0 Å². The van der Waals surface area contributed by atoms with Gasteiger partial charge in [0.15, 0.2) is 0 Å². The highest BCUT2D eigenvalue weighted by Gasteiger charge is 2.22. The molecule has 8 heteroatoms. The fourth-order valence-corrected chi connectivity index (χ4v) is 2.05. The Morgan fingerprint density at radius 2 is 2.25 bits per heavy atom. The number of nitrogens with one attached hydrogen (secondary N) is 2. The number of nitrogens with zero attached hydrogens (tertiary/aromatic N) is 1. The Bertz CT molecular complexity index is 562. The van der Waals surface area contributed by atoms with E-state index in [-0.39, 0.29) is 17.5 Å². The van der Waals surface area contributed by atoms with Crippen LogP contribution in [0.1, 0.15) is 23.2 Å². The molecule has 0 saturated carbocycles. The first-order valence-corrected chi connectivity index (χ1v) is 6.02. The third-order valence-electron chi connectivity index (χ3n) is 3.06. The lowest BCUT2D eigenvalue weighted by Crippen LogP contribution is -2.41. The predicted octanol–water partition coefficient (Wildman–Crippen LogP) is 0.983. The van der Waals surface area contributed by atoms with Crippen LogP contribution in [0.3, 0.4) is 0 Å². The van der Waals surface area contributed by atoms with Gasteiger partial charge in [-0.3, -0.25) is 14.9 Å². The predicted molar refractivity (Wildman–Crippen MR) is 69.7 cm³/mol. The van der Waals surface area contributed by atoms with Gasteiger partial charge < -0.3 is 15.7 Å². The number of rotatable bonds is 4. The minimum atomic E-state index is -1.34. The maximum absolute atomic E-state index is 11.0. The van der Waals surface area contributed by atoms with Crippen molar-refractivity contribution in [3.63, 3.8) is 0 Å². The smallest absolute Gasteiger partial charge is 0.342 e. The van der Waals surface area contributed by atoms with Gasteiger partial charge in [0.05, 0.1) is 4.92 Å². The van der Waals surface area contributed by atoms with Gasteiger partial charge in [-0.2, -0.15) is 0 Å². The summed E-state index contributed by atoms with van der Waals surface area (Å²) < 4.78 is 0. The lowest BCUT2D eigenvalue weighted by atomic mass is 10.1. The average Bonchev–Trinajstić information content (AvgIpc) is 2.41.